The minimum atomic E-state index is -0.474. The molecule has 0 bridgehead atoms. The number of nitrogens with one attached hydrogen (secondary N) is 3. The zero-order valence-corrected chi connectivity index (χ0v) is 16.6. The lowest BCUT2D eigenvalue weighted by atomic mass is 10.2. The highest BCUT2D eigenvalue weighted by atomic mass is 35.5. The molecule has 3 N–H and O–H groups in total. The summed E-state index contributed by atoms with van der Waals surface area (Å²) >= 11 is 5.91. The number of amides is 2. The second kappa shape index (κ2) is 8.64. The molecule has 4 aromatic rings. The Hall–Kier alpha value is -4.24. The highest BCUT2D eigenvalue weighted by molar-refractivity contribution is 6.30. The number of benzene rings is 3. The zero-order valence-electron chi connectivity index (χ0n) is 15.9. The van der Waals surface area contributed by atoms with E-state index in [1.807, 2.05) is 0 Å². The molecule has 0 fully saturated rings. The third kappa shape index (κ3) is 5.03. The number of non-ortho nitro benzene ring substituents is 1. The van der Waals surface area contributed by atoms with Crippen LogP contribution in [0.3, 0.4) is 0 Å². The number of nitrogens with zero attached hydrogens (tertiary/aromatic N) is 3. The van der Waals surface area contributed by atoms with Gasteiger partial charge in [-0.15, -0.1) is 0 Å². The lowest BCUT2D eigenvalue weighted by Gasteiger charge is -2.10. The first-order valence-electron chi connectivity index (χ1n) is 9.08. The minimum Gasteiger partial charge on any atom is -0.339 e. The average Bonchev–Trinajstić information content (AvgIpc) is 2.74. The van der Waals surface area contributed by atoms with Crippen molar-refractivity contribution in [2.75, 3.05) is 16.0 Å². The summed E-state index contributed by atoms with van der Waals surface area (Å²) in [6.07, 6.45) is 1.50. The molecular formula is C21H15ClN6O3. The van der Waals surface area contributed by atoms with Gasteiger partial charge in [0, 0.05) is 34.2 Å². The van der Waals surface area contributed by atoms with Gasteiger partial charge in [0.15, 0.2) is 0 Å². The molecule has 0 aliphatic heterocycles. The summed E-state index contributed by atoms with van der Waals surface area (Å²) < 4.78 is 0. The fraction of sp³-hybridized carbons (Fsp3) is 0. The number of nitro groups is 1. The molecule has 9 nitrogen and oxygen atoms in total. The summed E-state index contributed by atoms with van der Waals surface area (Å²) in [6.45, 7) is 0. The van der Waals surface area contributed by atoms with Gasteiger partial charge in [-0.3, -0.25) is 15.1 Å². The summed E-state index contributed by atoms with van der Waals surface area (Å²) in [6, 6.07) is 17.8. The van der Waals surface area contributed by atoms with Crippen molar-refractivity contribution in [3.8, 4) is 0 Å². The van der Waals surface area contributed by atoms with Gasteiger partial charge in [0.25, 0.3) is 5.69 Å². The molecule has 31 heavy (non-hydrogen) atoms. The number of carbonyl (C=O) groups excluding carboxylic acids is 1. The number of fused-ring (bicyclic) bond motifs is 1. The third-order valence-corrected chi connectivity index (χ3v) is 4.47. The van der Waals surface area contributed by atoms with E-state index >= 15 is 0 Å². The van der Waals surface area contributed by atoms with Gasteiger partial charge in [-0.05, 0) is 48.5 Å². The van der Waals surface area contributed by atoms with Gasteiger partial charge in [-0.25, -0.2) is 9.78 Å². The first-order chi connectivity index (χ1) is 15.0. The Morgan fingerprint density at radius 3 is 2.39 bits per heavy atom. The van der Waals surface area contributed by atoms with Gasteiger partial charge in [-0.2, -0.15) is 0 Å². The normalized spacial score (nSPS) is 10.5. The smallest absolute Gasteiger partial charge is 0.323 e. The van der Waals surface area contributed by atoms with Crippen molar-refractivity contribution >= 4 is 57.2 Å². The summed E-state index contributed by atoms with van der Waals surface area (Å²) in [4.78, 5) is 31.1. The van der Waals surface area contributed by atoms with Crippen molar-refractivity contribution in [3.63, 3.8) is 0 Å². The summed E-state index contributed by atoms with van der Waals surface area (Å²) in [7, 11) is 0. The number of anilines is 4. The number of aromatic nitrogens is 2. The molecule has 0 atom stereocenters. The highest BCUT2D eigenvalue weighted by Crippen LogP contribution is 2.22. The number of carbonyl (C=O) groups is 1. The Kier molecular flexibility index (Phi) is 5.59. The first kappa shape index (κ1) is 20.0. The molecule has 0 aliphatic carbocycles. The van der Waals surface area contributed by atoms with Crippen molar-refractivity contribution in [2.45, 2.75) is 0 Å². The van der Waals surface area contributed by atoms with E-state index in [2.05, 4.69) is 25.9 Å². The van der Waals surface area contributed by atoms with E-state index in [1.54, 1.807) is 54.6 Å². The van der Waals surface area contributed by atoms with Crippen LogP contribution in [0.5, 0.6) is 0 Å². The molecule has 1 heterocycles. The number of rotatable bonds is 5. The first-order valence-corrected chi connectivity index (χ1v) is 9.46. The van der Waals surface area contributed by atoms with Gasteiger partial charge in [0.2, 0.25) is 0 Å². The predicted molar refractivity (Wildman–Crippen MR) is 120 cm³/mol. The van der Waals surface area contributed by atoms with E-state index in [9.17, 15) is 14.9 Å². The molecule has 3 aromatic carbocycles. The molecule has 4 rings (SSSR count). The molecule has 10 heteroatoms. The van der Waals surface area contributed by atoms with Crippen molar-refractivity contribution < 1.29 is 9.72 Å². The van der Waals surface area contributed by atoms with Crippen LogP contribution < -0.4 is 16.0 Å². The van der Waals surface area contributed by atoms with Gasteiger partial charge in [0.1, 0.15) is 5.82 Å². The zero-order chi connectivity index (χ0) is 21.8. The van der Waals surface area contributed by atoms with Crippen molar-refractivity contribution in [1.29, 1.82) is 0 Å². The Bertz CT molecular complexity index is 1280. The number of hydrogen-bond acceptors (Lipinski definition) is 6. The lowest BCUT2D eigenvalue weighted by molar-refractivity contribution is -0.384. The lowest BCUT2D eigenvalue weighted by Crippen LogP contribution is -2.19. The van der Waals surface area contributed by atoms with E-state index in [-0.39, 0.29) is 5.69 Å². The van der Waals surface area contributed by atoms with E-state index < -0.39 is 11.0 Å². The number of nitro benzene ring substituents is 1. The van der Waals surface area contributed by atoms with E-state index in [0.717, 1.165) is 5.69 Å². The van der Waals surface area contributed by atoms with Crippen molar-refractivity contribution in [3.05, 3.63) is 88.1 Å². The molecule has 0 unspecified atom stereocenters. The van der Waals surface area contributed by atoms with Gasteiger partial charge < -0.3 is 16.0 Å². The summed E-state index contributed by atoms with van der Waals surface area (Å²) in [5.74, 6) is 0.487. The second-order valence-electron chi connectivity index (χ2n) is 6.48. The molecule has 0 spiro atoms. The fourth-order valence-corrected chi connectivity index (χ4v) is 3.01. The molecule has 2 amide bonds. The Morgan fingerprint density at radius 2 is 1.65 bits per heavy atom. The maximum absolute atomic E-state index is 12.1. The van der Waals surface area contributed by atoms with Crippen LogP contribution in [0.25, 0.3) is 11.0 Å². The van der Waals surface area contributed by atoms with Crippen molar-refractivity contribution in [1.82, 2.24) is 9.97 Å². The number of halogens is 1. The molecule has 0 saturated heterocycles. The number of hydrogen-bond donors (Lipinski definition) is 3. The van der Waals surface area contributed by atoms with Gasteiger partial charge >= 0.3 is 6.03 Å². The third-order valence-electron chi connectivity index (χ3n) is 4.23. The SMILES string of the molecule is O=C(Nc1ccc(Nc2cnc3cc([N+](=O)[O-])ccc3n2)cc1)Nc1cccc(Cl)c1. The quantitative estimate of drug-likeness (QED) is 0.278. The molecule has 0 radical (unpaired) electrons. The van der Waals surface area contributed by atoms with Crippen LogP contribution >= 0.6 is 11.6 Å². The molecule has 0 saturated carbocycles. The second-order valence-corrected chi connectivity index (χ2v) is 6.91. The van der Waals surface area contributed by atoms with Crippen molar-refractivity contribution in [2.24, 2.45) is 0 Å². The van der Waals surface area contributed by atoms with Crippen LogP contribution in [0.2, 0.25) is 5.02 Å². The molecule has 154 valence electrons. The average molecular weight is 435 g/mol. The Balaban J connectivity index is 1.40. The van der Waals surface area contributed by atoms with Gasteiger partial charge in [-0.1, -0.05) is 17.7 Å². The molecule has 1 aromatic heterocycles. The van der Waals surface area contributed by atoms with E-state index in [0.29, 0.717) is 33.2 Å². The standard InChI is InChI=1S/C21H15ClN6O3/c22-13-2-1-3-16(10-13)26-21(29)25-15-6-4-14(5-7-15)24-20-12-23-19-11-17(28(30)31)8-9-18(19)27-20/h1-12H,(H,24,27)(H2,25,26,29). The minimum absolute atomic E-state index is 0.0370. The largest absolute Gasteiger partial charge is 0.339 e. The van der Waals surface area contributed by atoms with Crippen LogP contribution in [0.15, 0.2) is 72.9 Å². The summed E-state index contributed by atoms with van der Waals surface area (Å²) in [5, 5.41) is 19.9. The predicted octanol–water partition coefficient (Wildman–Crippen LogP) is 5.58. The van der Waals surface area contributed by atoms with Crippen LogP contribution in [-0.4, -0.2) is 20.9 Å². The van der Waals surface area contributed by atoms with Gasteiger partial charge in [0.05, 0.1) is 22.2 Å². The Morgan fingerprint density at radius 1 is 0.903 bits per heavy atom. The number of urea groups is 1. The maximum Gasteiger partial charge on any atom is 0.323 e. The Labute approximate surface area is 181 Å². The van der Waals surface area contributed by atoms with Crippen LogP contribution in [-0.2, 0) is 0 Å². The highest BCUT2D eigenvalue weighted by Gasteiger charge is 2.09. The topological polar surface area (TPSA) is 122 Å². The molecule has 0 aliphatic rings. The monoisotopic (exact) mass is 434 g/mol. The van der Waals surface area contributed by atoms with E-state index in [4.69, 9.17) is 11.6 Å². The maximum atomic E-state index is 12.1. The molecular weight excluding hydrogens is 420 g/mol. The fourth-order valence-electron chi connectivity index (χ4n) is 2.82. The van der Waals surface area contributed by atoms with E-state index in [1.165, 1.54) is 18.3 Å². The summed E-state index contributed by atoms with van der Waals surface area (Å²) in [5.41, 5.74) is 2.85. The van der Waals surface area contributed by atoms with Crippen LogP contribution in [0.4, 0.5) is 33.4 Å². The van der Waals surface area contributed by atoms with Crippen LogP contribution in [0, 0.1) is 10.1 Å². The van der Waals surface area contributed by atoms with Crippen LogP contribution in [0.1, 0.15) is 0 Å².